The van der Waals surface area contributed by atoms with Crippen LogP contribution >= 0.6 is 11.8 Å². The number of thioether (sulfide) groups is 1. The van der Waals surface area contributed by atoms with E-state index in [1.807, 2.05) is 12.1 Å². The second-order valence-corrected chi connectivity index (χ2v) is 6.34. The monoisotopic (exact) mass is 292 g/mol. The third kappa shape index (κ3) is 2.79. The van der Waals surface area contributed by atoms with Gasteiger partial charge in [0.25, 0.3) is 0 Å². The molecule has 5 heteroatoms. The minimum Gasteiger partial charge on any atom is -0.495 e. The summed E-state index contributed by atoms with van der Waals surface area (Å²) in [6, 6.07) is 6.13. The molecule has 20 heavy (non-hydrogen) atoms. The topological polar surface area (TPSA) is 42.8 Å². The van der Waals surface area contributed by atoms with Crippen LogP contribution in [-0.2, 0) is 4.74 Å². The fourth-order valence-electron chi connectivity index (χ4n) is 2.59. The molecular weight excluding hydrogens is 272 g/mol. The number of ether oxygens (including phenoxy) is 2. The van der Waals surface area contributed by atoms with E-state index < -0.39 is 0 Å². The van der Waals surface area contributed by atoms with Gasteiger partial charge in [-0.25, -0.2) is 0 Å². The average molecular weight is 292 g/mol. The number of aliphatic imine (C=N–C) groups is 1. The van der Waals surface area contributed by atoms with Gasteiger partial charge in [0.2, 0.25) is 0 Å². The van der Waals surface area contributed by atoms with Gasteiger partial charge in [-0.05, 0) is 37.5 Å². The Kier molecular flexibility index (Phi) is 3.89. The van der Waals surface area contributed by atoms with Crippen molar-refractivity contribution in [3.8, 4) is 5.75 Å². The van der Waals surface area contributed by atoms with E-state index in [9.17, 15) is 0 Å². The summed E-state index contributed by atoms with van der Waals surface area (Å²) in [7, 11) is 1.69. The van der Waals surface area contributed by atoms with Crippen LogP contribution in [0.3, 0.4) is 0 Å². The Morgan fingerprint density at radius 2 is 2.15 bits per heavy atom. The van der Waals surface area contributed by atoms with E-state index in [2.05, 4.69) is 18.3 Å². The molecule has 0 unspecified atom stereocenters. The molecule has 0 saturated carbocycles. The quantitative estimate of drug-likeness (QED) is 0.909. The van der Waals surface area contributed by atoms with Crippen LogP contribution in [0.2, 0.25) is 0 Å². The highest BCUT2D eigenvalue weighted by atomic mass is 32.2. The van der Waals surface area contributed by atoms with Crippen molar-refractivity contribution in [3.05, 3.63) is 23.8 Å². The highest BCUT2D eigenvalue weighted by Crippen LogP contribution is 2.37. The van der Waals surface area contributed by atoms with E-state index in [0.717, 1.165) is 48.4 Å². The lowest BCUT2D eigenvalue weighted by Crippen LogP contribution is -2.34. The van der Waals surface area contributed by atoms with E-state index in [0.29, 0.717) is 0 Å². The van der Waals surface area contributed by atoms with Crippen molar-refractivity contribution in [1.29, 1.82) is 0 Å². The Morgan fingerprint density at radius 1 is 1.35 bits per heavy atom. The van der Waals surface area contributed by atoms with E-state index in [1.165, 1.54) is 5.56 Å². The molecule has 108 valence electrons. The van der Waals surface area contributed by atoms with Crippen LogP contribution in [0.5, 0.6) is 5.75 Å². The van der Waals surface area contributed by atoms with Crippen LogP contribution in [0.4, 0.5) is 5.69 Å². The first kappa shape index (κ1) is 13.8. The van der Waals surface area contributed by atoms with Crippen molar-refractivity contribution in [1.82, 2.24) is 0 Å². The lowest BCUT2D eigenvalue weighted by Gasteiger charge is -2.29. The Hall–Kier alpha value is -1.20. The van der Waals surface area contributed by atoms with Gasteiger partial charge in [-0.15, -0.1) is 0 Å². The summed E-state index contributed by atoms with van der Waals surface area (Å²) in [6.45, 7) is 3.73. The number of rotatable bonds is 2. The maximum Gasteiger partial charge on any atom is 0.161 e. The van der Waals surface area contributed by atoms with Gasteiger partial charge in [0.15, 0.2) is 5.17 Å². The minimum absolute atomic E-state index is 0.0856. The molecule has 4 nitrogen and oxygen atoms in total. The largest absolute Gasteiger partial charge is 0.495 e. The van der Waals surface area contributed by atoms with Gasteiger partial charge >= 0.3 is 0 Å². The summed E-state index contributed by atoms with van der Waals surface area (Å²) in [4.78, 5) is 4.91. The highest BCUT2D eigenvalue weighted by molar-refractivity contribution is 8.14. The Morgan fingerprint density at radius 3 is 2.90 bits per heavy atom. The first-order chi connectivity index (χ1) is 9.71. The van der Waals surface area contributed by atoms with Crippen LogP contribution in [0.25, 0.3) is 0 Å². The molecule has 0 bridgehead atoms. The van der Waals surface area contributed by atoms with Crippen LogP contribution in [0.15, 0.2) is 23.2 Å². The zero-order valence-electron chi connectivity index (χ0n) is 11.9. The van der Waals surface area contributed by atoms with Crippen molar-refractivity contribution < 1.29 is 9.47 Å². The third-order valence-electron chi connectivity index (χ3n) is 3.84. The molecule has 2 aliphatic rings. The molecule has 0 amide bonds. The fourth-order valence-corrected chi connectivity index (χ4v) is 3.79. The number of benzene rings is 1. The van der Waals surface area contributed by atoms with Gasteiger partial charge in [-0.1, -0.05) is 17.8 Å². The number of amidine groups is 1. The minimum atomic E-state index is 0.0856. The molecule has 3 rings (SSSR count). The second-order valence-electron chi connectivity index (χ2n) is 5.37. The van der Waals surface area contributed by atoms with E-state index in [-0.39, 0.29) is 5.54 Å². The van der Waals surface area contributed by atoms with Crippen molar-refractivity contribution in [3.63, 3.8) is 0 Å². The summed E-state index contributed by atoms with van der Waals surface area (Å²) in [5.74, 6) is 1.90. The number of aryl methyl sites for hydroxylation is 1. The molecule has 0 atom stereocenters. The summed E-state index contributed by atoms with van der Waals surface area (Å²) in [6.07, 6.45) is 2.05. The lowest BCUT2D eigenvalue weighted by atomic mass is 9.93. The van der Waals surface area contributed by atoms with Crippen molar-refractivity contribution in [2.24, 2.45) is 4.99 Å². The third-order valence-corrected chi connectivity index (χ3v) is 4.98. The lowest BCUT2D eigenvalue weighted by molar-refractivity contribution is 0.0624. The van der Waals surface area contributed by atoms with Gasteiger partial charge in [-0.2, -0.15) is 0 Å². The molecule has 1 fully saturated rings. The van der Waals surface area contributed by atoms with Crippen LogP contribution < -0.4 is 10.1 Å². The molecule has 2 heterocycles. The first-order valence-corrected chi connectivity index (χ1v) is 7.91. The van der Waals surface area contributed by atoms with Gasteiger partial charge in [0, 0.05) is 19.0 Å². The number of hydrogen-bond donors (Lipinski definition) is 1. The molecule has 1 aromatic carbocycles. The van der Waals surface area contributed by atoms with E-state index in [1.54, 1.807) is 18.9 Å². The number of methoxy groups -OCH3 is 1. The van der Waals surface area contributed by atoms with Gasteiger partial charge in [0.1, 0.15) is 5.75 Å². The normalized spacial score (nSPS) is 20.8. The molecular formula is C15H20N2O2S. The standard InChI is InChI=1S/C15H20N2O2S/c1-11-3-4-13(18-2)12(9-11)16-14-17-15(10-20-14)5-7-19-8-6-15/h3-4,9H,5-8,10H2,1-2H3,(H,16,17). The number of nitrogens with one attached hydrogen (secondary N) is 1. The predicted molar refractivity (Wildman–Crippen MR) is 84.0 cm³/mol. The van der Waals surface area contributed by atoms with E-state index >= 15 is 0 Å². The highest BCUT2D eigenvalue weighted by Gasteiger charge is 2.37. The number of anilines is 1. The maximum atomic E-state index is 5.44. The number of nitrogens with zero attached hydrogens (tertiary/aromatic N) is 1. The molecule has 0 radical (unpaired) electrons. The van der Waals surface area contributed by atoms with Crippen LogP contribution in [-0.4, -0.2) is 36.8 Å². The Labute approximate surface area is 123 Å². The summed E-state index contributed by atoms with van der Waals surface area (Å²) >= 11 is 1.80. The van der Waals surface area contributed by atoms with Crippen molar-refractivity contribution >= 4 is 22.6 Å². The van der Waals surface area contributed by atoms with Crippen LogP contribution in [0.1, 0.15) is 18.4 Å². The molecule has 1 aromatic rings. The second kappa shape index (κ2) is 5.66. The fraction of sp³-hybridized carbons (Fsp3) is 0.533. The van der Waals surface area contributed by atoms with Crippen molar-refractivity contribution in [2.45, 2.75) is 25.3 Å². The Bertz CT molecular complexity index is 525. The predicted octanol–water partition coefficient (Wildman–Crippen LogP) is 3.07. The smallest absolute Gasteiger partial charge is 0.161 e. The summed E-state index contributed by atoms with van der Waals surface area (Å²) in [5.41, 5.74) is 2.28. The molecule has 0 aromatic heterocycles. The molecule has 0 aliphatic carbocycles. The SMILES string of the molecule is COc1ccc(C)cc1NC1=NC2(CCOCC2)CS1. The van der Waals surface area contributed by atoms with Crippen molar-refractivity contribution in [2.75, 3.05) is 31.4 Å². The van der Waals surface area contributed by atoms with E-state index in [4.69, 9.17) is 14.5 Å². The van der Waals surface area contributed by atoms with Gasteiger partial charge in [0.05, 0.1) is 18.3 Å². The Balaban J connectivity index is 1.78. The summed E-state index contributed by atoms with van der Waals surface area (Å²) < 4.78 is 10.8. The molecule has 1 N–H and O–H groups in total. The number of hydrogen-bond acceptors (Lipinski definition) is 5. The molecule has 1 saturated heterocycles. The molecule has 1 spiro atoms. The molecule has 2 aliphatic heterocycles. The average Bonchev–Trinajstić information content (AvgIpc) is 2.82. The summed E-state index contributed by atoms with van der Waals surface area (Å²) in [5, 5.41) is 4.42. The first-order valence-electron chi connectivity index (χ1n) is 6.93. The van der Waals surface area contributed by atoms with Gasteiger partial charge < -0.3 is 14.8 Å². The maximum absolute atomic E-state index is 5.44. The zero-order chi connectivity index (χ0) is 14.0. The van der Waals surface area contributed by atoms with Crippen LogP contribution in [0, 0.1) is 6.92 Å². The zero-order valence-corrected chi connectivity index (χ0v) is 12.8. The van der Waals surface area contributed by atoms with Gasteiger partial charge in [-0.3, -0.25) is 4.99 Å².